The van der Waals surface area contributed by atoms with Gasteiger partial charge < -0.3 is 15.0 Å². The number of anilines is 2. The predicted molar refractivity (Wildman–Crippen MR) is 123 cm³/mol. The number of aromatic nitrogens is 3. The lowest BCUT2D eigenvalue weighted by molar-refractivity contribution is -0.115. The highest BCUT2D eigenvalue weighted by Crippen LogP contribution is 2.27. The Labute approximate surface area is 190 Å². The van der Waals surface area contributed by atoms with E-state index >= 15 is 0 Å². The van der Waals surface area contributed by atoms with Gasteiger partial charge in [-0.1, -0.05) is 23.2 Å². The third kappa shape index (κ3) is 4.84. The van der Waals surface area contributed by atoms with Crippen LogP contribution in [0.5, 0.6) is 0 Å². The van der Waals surface area contributed by atoms with E-state index in [0.717, 1.165) is 41.5 Å². The van der Waals surface area contributed by atoms with Crippen LogP contribution >= 0.6 is 23.2 Å². The van der Waals surface area contributed by atoms with E-state index in [2.05, 4.69) is 20.3 Å². The molecule has 0 bridgehead atoms. The second-order valence-corrected chi connectivity index (χ2v) is 8.23. The monoisotopic (exact) mass is 459 g/mol. The van der Waals surface area contributed by atoms with Crippen molar-refractivity contribution in [2.75, 3.05) is 36.5 Å². The highest BCUT2D eigenvalue weighted by Gasteiger charge is 2.18. The largest absolute Gasteiger partial charge is 0.378 e. The standard InChI is InChI=1S/C22H23Cl2N5O2/c1-14-18(15(2)29(27-14)20-5-3-16(23)11-19(20)24)12-22(30)26-17-4-6-21(25-13-17)28-7-9-31-10-8-28/h3-6,11,13H,7-10,12H2,1-2H3,(H,26,30). The van der Waals surface area contributed by atoms with Crippen molar-refractivity contribution in [2.45, 2.75) is 20.3 Å². The number of ether oxygens (including phenoxy) is 1. The second-order valence-electron chi connectivity index (χ2n) is 7.39. The summed E-state index contributed by atoms with van der Waals surface area (Å²) in [6.07, 6.45) is 1.88. The normalized spacial score (nSPS) is 14.0. The van der Waals surface area contributed by atoms with Crippen molar-refractivity contribution in [3.05, 3.63) is 63.5 Å². The summed E-state index contributed by atoms with van der Waals surface area (Å²) in [5, 5.41) is 8.55. The molecule has 162 valence electrons. The smallest absolute Gasteiger partial charge is 0.228 e. The molecule has 4 rings (SSSR count). The van der Waals surface area contributed by atoms with Crippen molar-refractivity contribution in [3.8, 4) is 5.69 Å². The number of rotatable bonds is 5. The summed E-state index contributed by atoms with van der Waals surface area (Å²) < 4.78 is 7.11. The van der Waals surface area contributed by atoms with Crippen molar-refractivity contribution in [3.63, 3.8) is 0 Å². The van der Waals surface area contributed by atoms with Crippen LogP contribution in [0, 0.1) is 13.8 Å². The molecule has 1 aromatic carbocycles. The van der Waals surface area contributed by atoms with Gasteiger partial charge in [-0.05, 0) is 44.2 Å². The third-order valence-corrected chi connectivity index (χ3v) is 5.82. The molecule has 1 saturated heterocycles. The lowest BCUT2D eigenvalue weighted by atomic mass is 10.1. The minimum Gasteiger partial charge on any atom is -0.378 e. The summed E-state index contributed by atoms with van der Waals surface area (Å²) in [5.74, 6) is 0.753. The zero-order chi connectivity index (χ0) is 22.0. The number of amides is 1. The van der Waals surface area contributed by atoms with E-state index in [4.69, 9.17) is 27.9 Å². The average Bonchev–Trinajstić information content (AvgIpc) is 3.03. The predicted octanol–water partition coefficient (Wildman–Crippen LogP) is 4.21. The summed E-state index contributed by atoms with van der Waals surface area (Å²) in [6, 6.07) is 9.04. The van der Waals surface area contributed by atoms with Gasteiger partial charge in [0.25, 0.3) is 0 Å². The SMILES string of the molecule is Cc1nn(-c2ccc(Cl)cc2Cl)c(C)c1CC(=O)Nc1ccc(N2CCOCC2)nc1. The number of carbonyl (C=O) groups is 1. The maximum Gasteiger partial charge on any atom is 0.228 e. The maximum atomic E-state index is 12.7. The number of benzene rings is 1. The van der Waals surface area contributed by atoms with Crippen LogP contribution in [0.15, 0.2) is 36.5 Å². The van der Waals surface area contributed by atoms with Gasteiger partial charge in [0.2, 0.25) is 5.91 Å². The van der Waals surface area contributed by atoms with Gasteiger partial charge in [0.15, 0.2) is 0 Å². The van der Waals surface area contributed by atoms with Crippen LogP contribution in [-0.2, 0) is 16.0 Å². The van der Waals surface area contributed by atoms with Crippen LogP contribution in [0.1, 0.15) is 17.0 Å². The fourth-order valence-electron chi connectivity index (χ4n) is 3.62. The van der Waals surface area contributed by atoms with E-state index in [-0.39, 0.29) is 12.3 Å². The first-order valence-electron chi connectivity index (χ1n) is 10.0. The van der Waals surface area contributed by atoms with Crippen molar-refractivity contribution >= 4 is 40.6 Å². The Morgan fingerprint density at radius 1 is 1.16 bits per heavy atom. The van der Waals surface area contributed by atoms with Gasteiger partial charge in [0.1, 0.15) is 5.82 Å². The molecule has 31 heavy (non-hydrogen) atoms. The molecule has 1 fully saturated rings. The molecule has 7 nitrogen and oxygen atoms in total. The number of pyridine rings is 1. The van der Waals surface area contributed by atoms with Gasteiger partial charge in [-0.15, -0.1) is 0 Å². The fraction of sp³-hybridized carbons (Fsp3) is 0.318. The number of hydrogen-bond acceptors (Lipinski definition) is 5. The number of morpholine rings is 1. The minimum atomic E-state index is -0.131. The molecule has 3 aromatic rings. The number of carbonyl (C=O) groups excluding carboxylic acids is 1. The van der Waals surface area contributed by atoms with E-state index < -0.39 is 0 Å². The number of nitrogens with one attached hydrogen (secondary N) is 1. The van der Waals surface area contributed by atoms with E-state index in [0.29, 0.717) is 28.9 Å². The van der Waals surface area contributed by atoms with Crippen molar-refractivity contribution in [1.82, 2.24) is 14.8 Å². The molecular formula is C22H23Cl2N5O2. The van der Waals surface area contributed by atoms with Crippen molar-refractivity contribution in [2.24, 2.45) is 0 Å². The Bertz CT molecular complexity index is 1090. The molecular weight excluding hydrogens is 437 g/mol. The van der Waals surface area contributed by atoms with E-state index in [1.54, 1.807) is 23.0 Å². The number of halogens is 2. The van der Waals surface area contributed by atoms with Gasteiger partial charge in [0.05, 0.1) is 47.9 Å². The van der Waals surface area contributed by atoms with Crippen molar-refractivity contribution < 1.29 is 9.53 Å². The first kappa shape index (κ1) is 21.6. The first-order chi connectivity index (χ1) is 14.9. The Balaban J connectivity index is 1.46. The highest BCUT2D eigenvalue weighted by molar-refractivity contribution is 6.35. The number of nitrogens with zero attached hydrogens (tertiary/aromatic N) is 4. The molecule has 0 saturated carbocycles. The molecule has 0 atom stereocenters. The average molecular weight is 460 g/mol. The Morgan fingerprint density at radius 2 is 1.94 bits per heavy atom. The van der Waals surface area contributed by atoms with Crippen LogP contribution in [0.4, 0.5) is 11.5 Å². The minimum absolute atomic E-state index is 0.131. The summed E-state index contributed by atoms with van der Waals surface area (Å²) in [5.41, 5.74) is 3.88. The molecule has 1 N–H and O–H groups in total. The van der Waals surface area contributed by atoms with Gasteiger partial charge in [-0.2, -0.15) is 5.10 Å². The molecule has 1 aliphatic rings. The van der Waals surface area contributed by atoms with Crippen LogP contribution < -0.4 is 10.2 Å². The molecule has 0 unspecified atom stereocenters. The van der Waals surface area contributed by atoms with Crippen LogP contribution in [0.3, 0.4) is 0 Å². The van der Waals surface area contributed by atoms with E-state index in [9.17, 15) is 4.79 Å². The molecule has 1 amide bonds. The molecule has 9 heteroatoms. The molecule has 2 aromatic heterocycles. The number of hydrogen-bond donors (Lipinski definition) is 1. The number of aryl methyl sites for hydroxylation is 1. The van der Waals surface area contributed by atoms with E-state index in [1.165, 1.54) is 0 Å². The van der Waals surface area contributed by atoms with Crippen molar-refractivity contribution in [1.29, 1.82) is 0 Å². The van der Waals surface area contributed by atoms with Gasteiger partial charge >= 0.3 is 0 Å². The highest BCUT2D eigenvalue weighted by atomic mass is 35.5. The van der Waals surface area contributed by atoms with Crippen LogP contribution in [0.2, 0.25) is 10.0 Å². The van der Waals surface area contributed by atoms with Crippen LogP contribution in [0.25, 0.3) is 5.69 Å². The fourth-order valence-corrected chi connectivity index (χ4v) is 4.11. The zero-order valence-corrected chi connectivity index (χ0v) is 18.9. The van der Waals surface area contributed by atoms with E-state index in [1.807, 2.05) is 32.0 Å². The Kier molecular flexibility index (Phi) is 6.46. The first-order valence-corrected chi connectivity index (χ1v) is 10.8. The third-order valence-electron chi connectivity index (χ3n) is 5.28. The molecule has 1 aliphatic heterocycles. The topological polar surface area (TPSA) is 72.3 Å². The molecule has 0 radical (unpaired) electrons. The Morgan fingerprint density at radius 3 is 2.61 bits per heavy atom. The maximum absolute atomic E-state index is 12.7. The summed E-state index contributed by atoms with van der Waals surface area (Å²) in [4.78, 5) is 19.3. The quantitative estimate of drug-likeness (QED) is 0.618. The van der Waals surface area contributed by atoms with Gasteiger partial charge in [0, 0.05) is 29.4 Å². The molecule has 0 aliphatic carbocycles. The van der Waals surface area contributed by atoms with Gasteiger partial charge in [-0.3, -0.25) is 4.79 Å². The lowest BCUT2D eigenvalue weighted by Gasteiger charge is -2.27. The molecule has 0 spiro atoms. The lowest BCUT2D eigenvalue weighted by Crippen LogP contribution is -2.36. The summed E-state index contributed by atoms with van der Waals surface area (Å²) >= 11 is 12.3. The van der Waals surface area contributed by atoms with Crippen LogP contribution in [-0.4, -0.2) is 47.0 Å². The van der Waals surface area contributed by atoms with Gasteiger partial charge in [-0.25, -0.2) is 9.67 Å². The Hall–Kier alpha value is -2.61. The molecule has 3 heterocycles. The summed E-state index contributed by atoms with van der Waals surface area (Å²) in [7, 11) is 0. The second kappa shape index (κ2) is 9.26. The summed E-state index contributed by atoms with van der Waals surface area (Å²) in [6.45, 7) is 6.85. The zero-order valence-electron chi connectivity index (χ0n) is 17.4.